The Morgan fingerprint density at radius 1 is 1.30 bits per heavy atom. The summed E-state index contributed by atoms with van der Waals surface area (Å²) < 4.78 is 5.43. The van der Waals surface area contributed by atoms with Crippen molar-refractivity contribution in [3.8, 4) is 0 Å². The zero-order chi connectivity index (χ0) is 13.8. The molecule has 2 fully saturated rings. The van der Waals surface area contributed by atoms with Crippen LogP contribution in [0.2, 0.25) is 0 Å². The number of carbonyl (C=O) groups excluding carboxylic acids is 1. The van der Waals surface area contributed by atoms with E-state index in [0.29, 0.717) is 17.5 Å². The standard InChI is InChI=1S/C15H23N3O2/c19-14(17-9-11-5-2-1-3-6-11)13-10-20-15(18-13)12-7-4-8-16-12/h10-12,16H,1-9H2,(H,17,19). The van der Waals surface area contributed by atoms with Crippen molar-refractivity contribution in [3.05, 3.63) is 17.8 Å². The number of hydrogen-bond acceptors (Lipinski definition) is 4. The number of carbonyl (C=O) groups is 1. The Labute approximate surface area is 119 Å². The minimum Gasteiger partial charge on any atom is -0.446 e. The van der Waals surface area contributed by atoms with Crippen LogP contribution in [0, 0.1) is 5.92 Å². The summed E-state index contributed by atoms with van der Waals surface area (Å²) in [5.74, 6) is 1.17. The van der Waals surface area contributed by atoms with Gasteiger partial charge in [0, 0.05) is 6.54 Å². The first kappa shape index (κ1) is 13.6. The Morgan fingerprint density at radius 3 is 2.90 bits per heavy atom. The quantitative estimate of drug-likeness (QED) is 0.887. The first-order chi connectivity index (χ1) is 9.83. The average molecular weight is 277 g/mol. The second-order valence-corrected chi connectivity index (χ2v) is 5.93. The second-order valence-electron chi connectivity index (χ2n) is 5.93. The number of aromatic nitrogens is 1. The van der Waals surface area contributed by atoms with Crippen LogP contribution in [-0.2, 0) is 0 Å². The van der Waals surface area contributed by atoms with Gasteiger partial charge in [-0.15, -0.1) is 0 Å². The topological polar surface area (TPSA) is 67.2 Å². The van der Waals surface area contributed by atoms with Gasteiger partial charge in [-0.3, -0.25) is 4.79 Å². The van der Waals surface area contributed by atoms with Crippen molar-refractivity contribution in [1.29, 1.82) is 0 Å². The molecule has 2 aliphatic rings. The monoisotopic (exact) mass is 277 g/mol. The molecule has 1 saturated heterocycles. The Morgan fingerprint density at radius 2 is 2.15 bits per heavy atom. The number of nitrogens with zero attached hydrogens (tertiary/aromatic N) is 1. The van der Waals surface area contributed by atoms with Crippen molar-refractivity contribution in [2.45, 2.75) is 51.0 Å². The molecule has 1 aliphatic heterocycles. The van der Waals surface area contributed by atoms with E-state index in [-0.39, 0.29) is 11.9 Å². The van der Waals surface area contributed by atoms with E-state index in [0.717, 1.165) is 25.9 Å². The maximum absolute atomic E-state index is 12.1. The van der Waals surface area contributed by atoms with E-state index in [1.165, 1.54) is 38.4 Å². The molecule has 0 radical (unpaired) electrons. The van der Waals surface area contributed by atoms with E-state index in [9.17, 15) is 4.79 Å². The smallest absolute Gasteiger partial charge is 0.273 e. The third kappa shape index (κ3) is 3.20. The van der Waals surface area contributed by atoms with Crippen LogP contribution in [0.3, 0.4) is 0 Å². The van der Waals surface area contributed by atoms with E-state index < -0.39 is 0 Å². The predicted octanol–water partition coefficient (Wildman–Crippen LogP) is 2.41. The molecule has 1 aliphatic carbocycles. The lowest BCUT2D eigenvalue weighted by atomic mass is 9.89. The molecule has 1 unspecified atom stereocenters. The Kier molecular flexibility index (Phi) is 4.35. The minimum atomic E-state index is -0.108. The van der Waals surface area contributed by atoms with Gasteiger partial charge in [0.2, 0.25) is 5.89 Å². The lowest BCUT2D eigenvalue weighted by molar-refractivity contribution is 0.0938. The van der Waals surface area contributed by atoms with Gasteiger partial charge in [-0.2, -0.15) is 0 Å². The zero-order valence-corrected chi connectivity index (χ0v) is 11.9. The fourth-order valence-corrected chi connectivity index (χ4v) is 3.17. The van der Waals surface area contributed by atoms with E-state index in [2.05, 4.69) is 15.6 Å². The highest BCUT2D eigenvalue weighted by molar-refractivity contribution is 5.91. The number of nitrogens with one attached hydrogen (secondary N) is 2. The molecule has 1 saturated carbocycles. The van der Waals surface area contributed by atoms with Gasteiger partial charge in [0.1, 0.15) is 6.26 Å². The lowest BCUT2D eigenvalue weighted by Gasteiger charge is -2.21. The van der Waals surface area contributed by atoms with E-state index in [4.69, 9.17) is 4.42 Å². The lowest BCUT2D eigenvalue weighted by Crippen LogP contribution is -2.30. The molecule has 0 bridgehead atoms. The van der Waals surface area contributed by atoms with Crippen molar-refractivity contribution >= 4 is 5.91 Å². The molecule has 2 heterocycles. The van der Waals surface area contributed by atoms with Crippen LogP contribution in [0.25, 0.3) is 0 Å². The summed E-state index contributed by atoms with van der Waals surface area (Å²) in [6.07, 6.45) is 10.0. The van der Waals surface area contributed by atoms with Crippen molar-refractivity contribution in [2.24, 2.45) is 5.92 Å². The van der Waals surface area contributed by atoms with Crippen molar-refractivity contribution in [3.63, 3.8) is 0 Å². The number of rotatable bonds is 4. The highest BCUT2D eigenvalue weighted by atomic mass is 16.3. The van der Waals surface area contributed by atoms with Crippen LogP contribution >= 0.6 is 0 Å². The summed E-state index contributed by atoms with van der Waals surface area (Å²) in [5, 5.41) is 6.31. The van der Waals surface area contributed by atoms with Gasteiger partial charge in [-0.25, -0.2) is 4.98 Å². The maximum Gasteiger partial charge on any atom is 0.273 e. The van der Waals surface area contributed by atoms with Gasteiger partial charge in [0.15, 0.2) is 5.69 Å². The van der Waals surface area contributed by atoms with Crippen molar-refractivity contribution < 1.29 is 9.21 Å². The van der Waals surface area contributed by atoms with Gasteiger partial charge < -0.3 is 15.1 Å². The summed E-state index contributed by atoms with van der Waals surface area (Å²) >= 11 is 0. The molecule has 1 aromatic rings. The summed E-state index contributed by atoms with van der Waals surface area (Å²) in [6.45, 7) is 1.76. The summed E-state index contributed by atoms with van der Waals surface area (Å²) in [5.41, 5.74) is 0.407. The second kappa shape index (κ2) is 6.39. The Bertz CT molecular complexity index is 446. The van der Waals surface area contributed by atoms with Gasteiger partial charge in [0.25, 0.3) is 5.91 Å². The summed E-state index contributed by atoms with van der Waals surface area (Å²) in [4.78, 5) is 16.4. The molecule has 5 nitrogen and oxygen atoms in total. The van der Waals surface area contributed by atoms with Crippen molar-refractivity contribution in [1.82, 2.24) is 15.6 Å². The molecule has 5 heteroatoms. The highest BCUT2D eigenvalue weighted by Gasteiger charge is 2.23. The van der Waals surface area contributed by atoms with Crippen LogP contribution < -0.4 is 10.6 Å². The van der Waals surface area contributed by atoms with Crippen LogP contribution in [-0.4, -0.2) is 24.0 Å². The van der Waals surface area contributed by atoms with Crippen LogP contribution in [0.15, 0.2) is 10.7 Å². The largest absolute Gasteiger partial charge is 0.446 e. The molecule has 0 aromatic carbocycles. The van der Waals surface area contributed by atoms with Crippen LogP contribution in [0.4, 0.5) is 0 Å². The van der Waals surface area contributed by atoms with E-state index in [1.807, 2.05) is 0 Å². The van der Waals surface area contributed by atoms with Crippen molar-refractivity contribution in [2.75, 3.05) is 13.1 Å². The molecule has 0 spiro atoms. The zero-order valence-electron chi connectivity index (χ0n) is 11.9. The van der Waals surface area contributed by atoms with Gasteiger partial charge >= 0.3 is 0 Å². The van der Waals surface area contributed by atoms with Crippen LogP contribution in [0.5, 0.6) is 0 Å². The molecule has 3 rings (SSSR count). The molecule has 1 aromatic heterocycles. The first-order valence-electron chi connectivity index (χ1n) is 7.80. The average Bonchev–Trinajstić information content (AvgIpc) is 3.16. The van der Waals surface area contributed by atoms with E-state index >= 15 is 0 Å². The Balaban J connectivity index is 1.51. The number of hydrogen-bond donors (Lipinski definition) is 2. The SMILES string of the molecule is O=C(NCC1CCCCC1)c1coc(C2CCCN2)n1. The minimum absolute atomic E-state index is 0.108. The molecule has 110 valence electrons. The first-order valence-corrected chi connectivity index (χ1v) is 7.80. The number of oxazole rings is 1. The molecular formula is C15H23N3O2. The van der Waals surface area contributed by atoms with Crippen LogP contribution in [0.1, 0.15) is 67.4 Å². The highest BCUT2D eigenvalue weighted by Crippen LogP contribution is 2.23. The normalized spacial score (nSPS) is 23.9. The fraction of sp³-hybridized carbons (Fsp3) is 0.733. The molecule has 1 atom stereocenters. The summed E-state index contributed by atoms with van der Waals surface area (Å²) in [6, 6.07) is 0.176. The molecular weight excluding hydrogens is 254 g/mol. The van der Waals surface area contributed by atoms with Gasteiger partial charge in [-0.1, -0.05) is 19.3 Å². The third-order valence-electron chi connectivity index (χ3n) is 4.39. The van der Waals surface area contributed by atoms with Gasteiger partial charge in [0.05, 0.1) is 6.04 Å². The summed E-state index contributed by atoms with van der Waals surface area (Å²) in [7, 11) is 0. The Hall–Kier alpha value is -1.36. The predicted molar refractivity (Wildman–Crippen MR) is 75.4 cm³/mol. The number of amides is 1. The van der Waals surface area contributed by atoms with E-state index in [1.54, 1.807) is 0 Å². The molecule has 1 amide bonds. The fourth-order valence-electron chi connectivity index (χ4n) is 3.17. The maximum atomic E-state index is 12.1. The molecule has 20 heavy (non-hydrogen) atoms. The third-order valence-corrected chi connectivity index (χ3v) is 4.39. The van der Waals surface area contributed by atoms with Gasteiger partial charge in [-0.05, 0) is 38.1 Å². The molecule has 2 N–H and O–H groups in total.